The Bertz CT molecular complexity index is 1040. The van der Waals surface area contributed by atoms with Crippen LogP contribution >= 0.6 is 0 Å². The fraction of sp³-hybridized carbons (Fsp3) is 0.227. The average molecular weight is 378 g/mol. The molecule has 6 heteroatoms. The molecular weight excluding hydrogens is 356 g/mol. The second-order valence-corrected chi connectivity index (χ2v) is 6.70. The molecule has 2 atom stereocenters. The van der Waals surface area contributed by atoms with Gasteiger partial charge >= 0.3 is 5.97 Å². The zero-order valence-corrected chi connectivity index (χ0v) is 15.8. The van der Waals surface area contributed by atoms with Crippen molar-refractivity contribution in [2.24, 2.45) is 0 Å². The van der Waals surface area contributed by atoms with E-state index in [1.165, 1.54) is 13.0 Å². The van der Waals surface area contributed by atoms with Crippen LogP contribution in [0.15, 0.2) is 65.5 Å². The number of benzene rings is 2. The molecule has 2 aromatic carbocycles. The second kappa shape index (κ2) is 8.52. The number of pyridine rings is 1. The molecule has 3 aromatic rings. The van der Waals surface area contributed by atoms with Gasteiger partial charge in [-0.2, -0.15) is 0 Å². The van der Waals surface area contributed by atoms with Crippen molar-refractivity contribution in [2.75, 3.05) is 6.54 Å². The molecule has 28 heavy (non-hydrogen) atoms. The van der Waals surface area contributed by atoms with Crippen molar-refractivity contribution in [1.29, 1.82) is 0 Å². The molecular formula is C22H22N2O4. The lowest BCUT2D eigenvalue weighted by Gasteiger charge is -2.17. The Kier molecular flexibility index (Phi) is 5.89. The number of para-hydroxylation sites is 1. The van der Waals surface area contributed by atoms with Gasteiger partial charge in [-0.15, -0.1) is 0 Å². The summed E-state index contributed by atoms with van der Waals surface area (Å²) in [6, 6.07) is 18.0. The molecule has 0 aliphatic rings. The molecule has 2 N–H and O–H groups in total. The Hall–Kier alpha value is -3.41. The normalized spacial score (nSPS) is 12.9. The number of fused-ring (bicyclic) bond motifs is 1. The third kappa shape index (κ3) is 4.46. The lowest BCUT2D eigenvalue weighted by Crippen LogP contribution is -2.37. The van der Waals surface area contributed by atoms with Crippen molar-refractivity contribution >= 4 is 22.8 Å². The molecule has 0 saturated heterocycles. The zero-order valence-electron chi connectivity index (χ0n) is 15.8. The van der Waals surface area contributed by atoms with Crippen LogP contribution in [0.5, 0.6) is 0 Å². The average Bonchev–Trinajstić information content (AvgIpc) is 2.71. The van der Waals surface area contributed by atoms with Gasteiger partial charge < -0.3 is 15.0 Å². The molecule has 0 saturated carbocycles. The number of carbonyl (C=O) groups excluding carboxylic acids is 2. The standard InChI is InChI=1S/C22H22N2O4/c1-14(16-8-4-3-5-9-16)13-23-21(26)15(2)28-22(27)18-12-20(25)24-19-11-7-6-10-17(18)19/h3-12,14-15H,13H2,1-2H3,(H,23,26)(H,24,25)/t14-,15-/m0/s1. The summed E-state index contributed by atoms with van der Waals surface area (Å²) in [7, 11) is 0. The summed E-state index contributed by atoms with van der Waals surface area (Å²) >= 11 is 0. The summed E-state index contributed by atoms with van der Waals surface area (Å²) in [5.41, 5.74) is 1.38. The fourth-order valence-corrected chi connectivity index (χ4v) is 2.95. The lowest BCUT2D eigenvalue weighted by molar-refractivity contribution is -0.129. The molecule has 0 aliphatic heterocycles. The number of nitrogens with one attached hydrogen (secondary N) is 2. The van der Waals surface area contributed by atoms with E-state index in [4.69, 9.17) is 4.74 Å². The van der Waals surface area contributed by atoms with Gasteiger partial charge in [0.25, 0.3) is 5.91 Å². The topological polar surface area (TPSA) is 88.3 Å². The maximum atomic E-state index is 12.5. The highest BCUT2D eigenvalue weighted by molar-refractivity contribution is 6.03. The summed E-state index contributed by atoms with van der Waals surface area (Å²) in [5, 5.41) is 3.37. The Morgan fingerprint density at radius 1 is 1.04 bits per heavy atom. The number of hydrogen-bond acceptors (Lipinski definition) is 4. The van der Waals surface area contributed by atoms with Gasteiger partial charge in [-0.1, -0.05) is 55.5 Å². The first kappa shape index (κ1) is 19.4. The van der Waals surface area contributed by atoms with Crippen LogP contribution in [0.25, 0.3) is 10.9 Å². The molecule has 0 bridgehead atoms. The van der Waals surface area contributed by atoms with Crippen LogP contribution in [0.2, 0.25) is 0 Å². The van der Waals surface area contributed by atoms with E-state index < -0.39 is 17.6 Å². The molecule has 144 valence electrons. The van der Waals surface area contributed by atoms with E-state index in [9.17, 15) is 14.4 Å². The molecule has 0 unspecified atom stereocenters. The summed E-state index contributed by atoms with van der Waals surface area (Å²) in [6.07, 6.45) is -0.978. The van der Waals surface area contributed by atoms with Crippen LogP contribution in [0.3, 0.4) is 0 Å². The Morgan fingerprint density at radius 2 is 1.71 bits per heavy atom. The molecule has 1 aromatic heterocycles. The Morgan fingerprint density at radius 3 is 2.46 bits per heavy atom. The van der Waals surface area contributed by atoms with Crippen molar-refractivity contribution in [2.45, 2.75) is 25.9 Å². The van der Waals surface area contributed by atoms with E-state index >= 15 is 0 Å². The SMILES string of the molecule is C[C@H](OC(=O)c1cc(=O)[nH]c2ccccc12)C(=O)NC[C@H](C)c1ccccc1. The van der Waals surface area contributed by atoms with E-state index in [0.717, 1.165) is 5.56 Å². The predicted molar refractivity (Wildman–Crippen MR) is 107 cm³/mol. The predicted octanol–water partition coefficient (Wildman–Crippen LogP) is 2.99. The smallest absolute Gasteiger partial charge is 0.339 e. The highest BCUT2D eigenvalue weighted by Gasteiger charge is 2.21. The molecule has 0 radical (unpaired) electrons. The van der Waals surface area contributed by atoms with Gasteiger partial charge in [0.15, 0.2) is 6.10 Å². The lowest BCUT2D eigenvalue weighted by atomic mass is 10.0. The summed E-state index contributed by atoms with van der Waals surface area (Å²) in [4.78, 5) is 39.3. The van der Waals surface area contributed by atoms with Gasteiger partial charge in [-0.05, 0) is 24.5 Å². The number of amides is 1. The molecule has 6 nitrogen and oxygen atoms in total. The third-order valence-corrected chi connectivity index (χ3v) is 4.57. The molecule has 3 rings (SSSR count). The minimum atomic E-state index is -0.978. The first-order valence-corrected chi connectivity index (χ1v) is 9.11. The second-order valence-electron chi connectivity index (χ2n) is 6.70. The number of hydrogen-bond donors (Lipinski definition) is 2. The highest BCUT2D eigenvalue weighted by Crippen LogP contribution is 2.16. The van der Waals surface area contributed by atoms with Crippen molar-refractivity contribution in [3.05, 3.63) is 82.1 Å². The van der Waals surface area contributed by atoms with Gasteiger partial charge in [0.05, 0.1) is 5.56 Å². The molecule has 1 amide bonds. The maximum Gasteiger partial charge on any atom is 0.339 e. The van der Waals surface area contributed by atoms with E-state index in [0.29, 0.717) is 17.4 Å². The van der Waals surface area contributed by atoms with Crippen LogP contribution in [-0.4, -0.2) is 29.5 Å². The summed E-state index contributed by atoms with van der Waals surface area (Å²) < 4.78 is 5.30. The van der Waals surface area contributed by atoms with Crippen LogP contribution in [0.4, 0.5) is 0 Å². The largest absolute Gasteiger partial charge is 0.449 e. The van der Waals surface area contributed by atoms with Crippen molar-refractivity contribution in [3.8, 4) is 0 Å². The monoisotopic (exact) mass is 378 g/mol. The number of aromatic amines is 1. The van der Waals surface area contributed by atoms with Crippen LogP contribution in [-0.2, 0) is 9.53 Å². The summed E-state index contributed by atoms with van der Waals surface area (Å²) in [6.45, 7) is 3.95. The van der Waals surface area contributed by atoms with Crippen LogP contribution in [0.1, 0.15) is 35.7 Å². The molecule has 0 spiro atoms. The quantitative estimate of drug-likeness (QED) is 0.646. The van der Waals surface area contributed by atoms with Crippen LogP contribution in [0, 0.1) is 0 Å². The molecule has 0 aliphatic carbocycles. The molecule has 1 heterocycles. The molecule has 0 fully saturated rings. The maximum absolute atomic E-state index is 12.5. The van der Waals surface area contributed by atoms with E-state index in [1.807, 2.05) is 37.3 Å². The number of esters is 1. The Labute approximate surface area is 162 Å². The van der Waals surface area contributed by atoms with Crippen molar-refractivity contribution in [1.82, 2.24) is 10.3 Å². The van der Waals surface area contributed by atoms with Gasteiger partial charge in [0.1, 0.15) is 0 Å². The highest BCUT2D eigenvalue weighted by atomic mass is 16.5. The zero-order chi connectivity index (χ0) is 20.1. The van der Waals surface area contributed by atoms with Gasteiger partial charge in [-0.3, -0.25) is 9.59 Å². The summed E-state index contributed by atoms with van der Waals surface area (Å²) in [5.74, 6) is -0.962. The van der Waals surface area contributed by atoms with Crippen LogP contribution < -0.4 is 10.9 Å². The number of H-pyrrole nitrogens is 1. The third-order valence-electron chi connectivity index (χ3n) is 4.57. The van der Waals surface area contributed by atoms with E-state index in [1.54, 1.807) is 24.3 Å². The first-order valence-electron chi connectivity index (χ1n) is 9.11. The minimum Gasteiger partial charge on any atom is -0.449 e. The fourth-order valence-electron chi connectivity index (χ4n) is 2.95. The number of rotatable bonds is 6. The van der Waals surface area contributed by atoms with Crippen molar-refractivity contribution < 1.29 is 14.3 Å². The number of carbonyl (C=O) groups is 2. The van der Waals surface area contributed by atoms with Gasteiger partial charge in [0.2, 0.25) is 5.56 Å². The van der Waals surface area contributed by atoms with E-state index in [-0.39, 0.29) is 17.4 Å². The number of ether oxygens (including phenoxy) is 1. The minimum absolute atomic E-state index is 0.129. The van der Waals surface area contributed by atoms with Gasteiger partial charge in [-0.25, -0.2) is 4.79 Å². The van der Waals surface area contributed by atoms with E-state index in [2.05, 4.69) is 10.3 Å². The Balaban J connectivity index is 1.64. The number of aromatic nitrogens is 1. The van der Waals surface area contributed by atoms with Crippen molar-refractivity contribution in [3.63, 3.8) is 0 Å². The first-order chi connectivity index (χ1) is 13.5. The van der Waals surface area contributed by atoms with Gasteiger partial charge in [0, 0.05) is 23.5 Å².